The molecule has 0 amide bonds. The molecule has 0 unspecified atom stereocenters. The highest BCUT2D eigenvalue weighted by molar-refractivity contribution is 5.92. The van der Waals surface area contributed by atoms with Gasteiger partial charge in [0, 0.05) is 24.5 Å². The molecule has 0 aliphatic rings. The molecule has 0 bridgehead atoms. The highest BCUT2D eigenvalue weighted by Crippen LogP contribution is 2.35. The number of fused-ring (bicyclic) bond motifs is 1. The first-order valence-electron chi connectivity index (χ1n) is 10.8. The zero-order valence-electron chi connectivity index (χ0n) is 19.7. The van der Waals surface area contributed by atoms with Gasteiger partial charge in [0.1, 0.15) is 5.82 Å². The summed E-state index contributed by atoms with van der Waals surface area (Å²) in [7, 11) is 6.45. The molecule has 1 aromatic heterocycles. The fourth-order valence-corrected chi connectivity index (χ4v) is 3.62. The third kappa shape index (κ3) is 5.06. The number of anilines is 2. The van der Waals surface area contributed by atoms with Crippen molar-refractivity contribution in [3.63, 3.8) is 0 Å². The Hall–Kier alpha value is -4.20. The summed E-state index contributed by atoms with van der Waals surface area (Å²) in [6.07, 6.45) is 0. The molecule has 0 saturated heterocycles. The van der Waals surface area contributed by atoms with Crippen LogP contribution >= 0.6 is 0 Å². The van der Waals surface area contributed by atoms with Crippen LogP contribution in [0.25, 0.3) is 10.9 Å². The Kier molecular flexibility index (Phi) is 7.17. The molecule has 8 nitrogen and oxygen atoms in total. The van der Waals surface area contributed by atoms with E-state index in [4.69, 9.17) is 28.9 Å². The predicted molar refractivity (Wildman–Crippen MR) is 133 cm³/mol. The van der Waals surface area contributed by atoms with Gasteiger partial charge in [-0.2, -0.15) is 4.98 Å². The molecule has 0 fully saturated rings. The summed E-state index contributed by atoms with van der Waals surface area (Å²) in [6.45, 7) is 1.13. The largest absolute Gasteiger partial charge is 0.493 e. The van der Waals surface area contributed by atoms with E-state index >= 15 is 0 Å². The van der Waals surface area contributed by atoms with Gasteiger partial charge < -0.3 is 29.6 Å². The number of aromatic nitrogens is 2. The summed E-state index contributed by atoms with van der Waals surface area (Å²) in [4.78, 5) is 9.47. The van der Waals surface area contributed by atoms with Crippen LogP contribution in [0.15, 0.2) is 60.7 Å². The van der Waals surface area contributed by atoms with Gasteiger partial charge in [-0.25, -0.2) is 4.98 Å². The van der Waals surface area contributed by atoms with Gasteiger partial charge in [0.05, 0.1) is 34.0 Å². The van der Waals surface area contributed by atoms with Gasteiger partial charge in [-0.05, 0) is 29.3 Å². The van der Waals surface area contributed by atoms with E-state index in [0.717, 1.165) is 22.0 Å². The maximum Gasteiger partial charge on any atom is 0.225 e. The first-order valence-corrected chi connectivity index (χ1v) is 10.8. The molecular weight excluding hydrogens is 432 g/mol. The fraction of sp³-hybridized carbons (Fsp3) is 0.231. The molecular formula is C26H28N4O4. The van der Waals surface area contributed by atoms with E-state index in [1.165, 1.54) is 0 Å². The first-order chi connectivity index (χ1) is 16.6. The van der Waals surface area contributed by atoms with Crippen molar-refractivity contribution in [2.24, 2.45) is 0 Å². The van der Waals surface area contributed by atoms with Crippen molar-refractivity contribution < 1.29 is 18.9 Å². The van der Waals surface area contributed by atoms with Crippen molar-refractivity contribution in [1.82, 2.24) is 9.97 Å². The molecule has 4 aromatic rings. The molecule has 34 heavy (non-hydrogen) atoms. The van der Waals surface area contributed by atoms with Crippen LogP contribution in [-0.2, 0) is 13.1 Å². The minimum absolute atomic E-state index is 0.491. The Bertz CT molecular complexity index is 1260. The molecule has 0 saturated carbocycles. The number of hydrogen-bond acceptors (Lipinski definition) is 8. The summed E-state index contributed by atoms with van der Waals surface area (Å²) in [5, 5.41) is 7.59. The monoisotopic (exact) mass is 460 g/mol. The van der Waals surface area contributed by atoms with Crippen LogP contribution in [0.2, 0.25) is 0 Å². The lowest BCUT2D eigenvalue weighted by Gasteiger charge is -2.15. The van der Waals surface area contributed by atoms with Crippen LogP contribution in [-0.4, -0.2) is 38.4 Å². The van der Waals surface area contributed by atoms with Crippen molar-refractivity contribution in [2.45, 2.75) is 13.1 Å². The Morgan fingerprint density at radius 1 is 0.618 bits per heavy atom. The van der Waals surface area contributed by atoms with Crippen LogP contribution < -0.4 is 29.6 Å². The predicted octanol–water partition coefficient (Wildman–Crippen LogP) is 4.89. The second-order valence-corrected chi connectivity index (χ2v) is 7.50. The maximum atomic E-state index is 5.49. The van der Waals surface area contributed by atoms with E-state index in [1.54, 1.807) is 28.4 Å². The van der Waals surface area contributed by atoms with Gasteiger partial charge in [0.25, 0.3) is 0 Å². The van der Waals surface area contributed by atoms with Crippen LogP contribution in [0.4, 0.5) is 11.8 Å². The second kappa shape index (κ2) is 10.6. The summed E-state index contributed by atoms with van der Waals surface area (Å²) in [5.41, 5.74) is 2.89. The van der Waals surface area contributed by atoms with Gasteiger partial charge in [0.15, 0.2) is 23.0 Å². The van der Waals surface area contributed by atoms with E-state index in [1.807, 2.05) is 48.5 Å². The van der Waals surface area contributed by atoms with Gasteiger partial charge in [-0.1, -0.05) is 36.4 Å². The molecule has 0 atom stereocenters. The highest BCUT2D eigenvalue weighted by Gasteiger charge is 2.14. The molecule has 0 aliphatic carbocycles. The number of nitrogens with one attached hydrogen (secondary N) is 2. The van der Waals surface area contributed by atoms with E-state index in [0.29, 0.717) is 47.9 Å². The SMILES string of the molecule is COc1ccc(CNc2nc(NCc3ccccc3)c3cc(OC)c(OC)cc3n2)cc1OC. The summed E-state index contributed by atoms with van der Waals surface area (Å²) >= 11 is 0. The van der Waals surface area contributed by atoms with Crippen molar-refractivity contribution in [3.8, 4) is 23.0 Å². The van der Waals surface area contributed by atoms with E-state index in [-0.39, 0.29) is 0 Å². The van der Waals surface area contributed by atoms with Crippen LogP contribution in [0.5, 0.6) is 23.0 Å². The minimum atomic E-state index is 0.491. The van der Waals surface area contributed by atoms with Gasteiger partial charge in [-0.3, -0.25) is 0 Å². The smallest absolute Gasteiger partial charge is 0.225 e. The molecule has 176 valence electrons. The maximum absolute atomic E-state index is 5.49. The average Bonchev–Trinajstić information content (AvgIpc) is 2.90. The quantitative estimate of drug-likeness (QED) is 0.346. The van der Waals surface area contributed by atoms with Crippen molar-refractivity contribution in [3.05, 3.63) is 71.8 Å². The fourth-order valence-electron chi connectivity index (χ4n) is 3.62. The lowest BCUT2D eigenvalue weighted by atomic mass is 10.2. The lowest BCUT2D eigenvalue weighted by molar-refractivity contribution is 0.354. The standard InChI is InChI=1S/C26H28N4O4/c1-31-21-11-10-18(12-22(21)32-2)16-28-26-29-20-14-24(34-4)23(33-3)13-19(20)25(30-26)27-15-17-8-6-5-7-9-17/h5-14H,15-16H2,1-4H3,(H2,27,28,29,30). The van der Waals surface area contributed by atoms with E-state index in [9.17, 15) is 0 Å². The number of ether oxygens (including phenoxy) is 4. The van der Waals surface area contributed by atoms with Crippen molar-refractivity contribution in [2.75, 3.05) is 39.1 Å². The topological polar surface area (TPSA) is 86.8 Å². The van der Waals surface area contributed by atoms with E-state index in [2.05, 4.69) is 22.8 Å². The molecule has 8 heteroatoms. The molecule has 3 aromatic carbocycles. The molecule has 2 N–H and O–H groups in total. The normalized spacial score (nSPS) is 10.6. The van der Waals surface area contributed by atoms with Gasteiger partial charge in [-0.15, -0.1) is 0 Å². The molecule has 0 aliphatic heterocycles. The number of benzene rings is 3. The summed E-state index contributed by atoms with van der Waals surface area (Å²) in [5.74, 6) is 3.76. The third-order valence-corrected chi connectivity index (χ3v) is 5.40. The highest BCUT2D eigenvalue weighted by atomic mass is 16.5. The van der Waals surface area contributed by atoms with Gasteiger partial charge >= 0.3 is 0 Å². The van der Waals surface area contributed by atoms with Gasteiger partial charge in [0.2, 0.25) is 5.95 Å². The Morgan fingerprint density at radius 3 is 1.97 bits per heavy atom. The van der Waals surface area contributed by atoms with Crippen LogP contribution in [0.1, 0.15) is 11.1 Å². The van der Waals surface area contributed by atoms with Crippen molar-refractivity contribution >= 4 is 22.7 Å². The van der Waals surface area contributed by atoms with Crippen LogP contribution in [0, 0.1) is 0 Å². The lowest BCUT2D eigenvalue weighted by Crippen LogP contribution is -2.08. The third-order valence-electron chi connectivity index (χ3n) is 5.40. The minimum Gasteiger partial charge on any atom is -0.493 e. The second-order valence-electron chi connectivity index (χ2n) is 7.50. The van der Waals surface area contributed by atoms with E-state index < -0.39 is 0 Å². The Morgan fingerprint density at radius 2 is 1.26 bits per heavy atom. The zero-order chi connectivity index (χ0) is 23.9. The molecule has 1 heterocycles. The number of hydrogen-bond donors (Lipinski definition) is 2. The number of methoxy groups -OCH3 is 4. The Balaban J connectivity index is 1.66. The molecule has 0 radical (unpaired) electrons. The number of nitrogens with zero attached hydrogens (tertiary/aromatic N) is 2. The first kappa shape index (κ1) is 23.0. The number of rotatable bonds is 10. The van der Waals surface area contributed by atoms with Crippen LogP contribution in [0.3, 0.4) is 0 Å². The molecule has 0 spiro atoms. The average molecular weight is 461 g/mol. The summed E-state index contributed by atoms with van der Waals surface area (Å²) < 4.78 is 21.7. The summed E-state index contributed by atoms with van der Waals surface area (Å²) in [6, 6.07) is 19.7. The Labute approximate surface area is 198 Å². The van der Waals surface area contributed by atoms with Crippen molar-refractivity contribution in [1.29, 1.82) is 0 Å². The molecule has 4 rings (SSSR count). The zero-order valence-corrected chi connectivity index (χ0v) is 19.7.